The molecule has 6 nitrogen and oxygen atoms in total. The van der Waals surface area contributed by atoms with E-state index in [1.54, 1.807) is 24.3 Å². The second kappa shape index (κ2) is 9.93. The minimum absolute atomic E-state index is 0.169. The molecule has 24 heavy (non-hydrogen) atoms. The number of amides is 2. The molecule has 0 radical (unpaired) electrons. The van der Waals surface area contributed by atoms with Crippen molar-refractivity contribution in [2.24, 2.45) is 5.73 Å². The Morgan fingerprint density at radius 3 is 2.75 bits per heavy atom. The van der Waals surface area contributed by atoms with E-state index in [0.717, 1.165) is 19.3 Å². The van der Waals surface area contributed by atoms with Gasteiger partial charge in [0.25, 0.3) is 11.8 Å². The zero-order valence-corrected chi connectivity index (χ0v) is 14.0. The fraction of sp³-hybridized carbons (Fsp3) is 0.556. The van der Waals surface area contributed by atoms with Crippen LogP contribution in [0.3, 0.4) is 0 Å². The minimum atomic E-state index is -0.553. The molecule has 0 aromatic heterocycles. The molecule has 0 atom stereocenters. The number of rotatable bonds is 9. The average molecular weight is 334 g/mol. The molecule has 0 heterocycles. The van der Waals surface area contributed by atoms with Gasteiger partial charge in [0.15, 0.2) is 6.61 Å². The van der Waals surface area contributed by atoms with E-state index in [9.17, 15) is 9.59 Å². The lowest BCUT2D eigenvalue weighted by atomic mass is 9.98. The lowest BCUT2D eigenvalue weighted by Crippen LogP contribution is -2.26. The van der Waals surface area contributed by atoms with Crippen molar-refractivity contribution in [1.29, 1.82) is 0 Å². The summed E-state index contributed by atoms with van der Waals surface area (Å²) in [7, 11) is 0. The van der Waals surface area contributed by atoms with Gasteiger partial charge >= 0.3 is 0 Å². The van der Waals surface area contributed by atoms with Crippen LogP contribution in [0.4, 0.5) is 0 Å². The summed E-state index contributed by atoms with van der Waals surface area (Å²) in [5.74, 6) is -0.276. The first-order valence-corrected chi connectivity index (χ1v) is 8.56. The van der Waals surface area contributed by atoms with Crippen LogP contribution < -0.4 is 15.8 Å². The number of ether oxygens (including phenoxy) is 2. The molecule has 0 bridgehead atoms. The van der Waals surface area contributed by atoms with Gasteiger partial charge in [-0.25, -0.2) is 0 Å². The molecule has 0 spiro atoms. The van der Waals surface area contributed by atoms with E-state index in [0.29, 0.717) is 30.6 Å². The number of nitrogens with one attached hydrogen (secondary N) is 1. The van der Waals surface area contributed by atoms with E-state index >= 15 is 0 Å². The summed E-state index contributed by atoms with van der Waals surface area (Å²) in [4.78, 5) is 22.8. The Morgan fingerprint density at radius 1 is 1.21 bits per heavy atom. The van der Waals surface area contributed by atoms with Crippen LogP contribution in [0, 0.1) is 0 Å². The monoisotopic (exact) mass is 334 g/mol. The largest absolute Gasteiger partial charge is 0.484 e. The second-order valence-electron chi connectivity index (χ2n) is 6.02. The van der Waals surface area contributed by atoms with Gasteiger partial charge in [0, 0.05) is 18.7 Å². The highest BCUT2D eigenvalue weighted by Gasteiger charge is 2.13. The summed E-state index contributed by atoms with van der Waals surface area (Å²) in [6.45, 7) is 1.04. The third-order valence-corrected chi connectivity index (χ3v) is 3.99. The van der Waals surface area contributed by atoms with E-state index in [1.807, 2.05) is 0 Å². The molecule has 2 amide bonds. The average Bonchev–Trinajstić information content (AvgIpc) is 2.60. The fourth-order valence-corrected chi connectivity index (χ4v) is 2.74. The predicted octanol–water partition coefficient (Wildman–Crippen LogP) is 2.02. The van der Waals surface area contributed by atoms with Crippen LogP contribution in [0.2, 0.25) is 0 Å². The number of hydrogen-bond acceptors (Lipinski definition) is 4. The molecule has 3 N–H and O–H groups in total. The summed E-state index contributed by atoms with van der Waals surface area (Å²) >= 11 is 0. The maximum atomic E-state index is 12.1. The molecule has 2 rings (SSSR count). The van der Waals surface area contributed by atoms with Crippen molar-refractivity contribution in [3.8, 4) is 5.75 Å². The molecule has 132 valence electrons. The third kappa shape index (κ3) is 6.58. The topological polar surface area (TPSA) is 90.7 Å². The number of nitrogens with two attached hydrogens (primary N) is 1. The Balaban J connectivity index is 1.66. The van der Waals surface area contributed by atoms with Crippen molar-refractivity contribution in [3.63, 3.8) is 0 Å². The van der Waals surface area contributed by atoms with Gasteiger partial charge in [0.1, 0.15) is 5.75 Å². The van der Waals surface area contributed by atoms with Crippen molar-refractivity contribution in [1.82, 2.24) is 5.32 Å². The Labute approximate surface area is 142 Å². The van der Waals surface area contributed by atoms with Crippen molar-refractivity contribution < 1.29 is 19.1 Å². The quantitative estimate of drug-likeness (QED) is 0.676. The zero-order chi connectivity index (χ0) is 17.2. The lowest BCUT2D eigenvalue weighted by Gasteiger charge is -2.21. The van der Waals surface area contributed by atoms with Crippen LogP contribution in [0.1, 0.15) is 48.9 Å². The molecule has 0 aliphatic heterocycles. The van der Waals surface area contributed by atoms with Crippen molar-refractivity contribution in [2.45, 2.75) is 44.6 Å². The highest BCUT2D eigenvalue weighted by Crippen LogP contribution is 2.20. The first kappa shape index (κ1) is 18.3. The molecular weight excluding hydrogens is 308 g/mol. The molecule has 1 aromatic rings. The maximum absolute atomic E-state index is 12.1. The standard InChI is InChI=1S/C18H26N2O4/c19-17(21)13-24-16-9-4-6-14(12-16)18(22)20-10-5-11-23-15-7-2-1-3-8-15/h4,6,9,12,15H,1-3,5,7-8,10-11,13H2,(H2,19,21)(H,20,22). The van der Waals surface area contributed by atoms with E-state index in [4.69, 9.17) is 15.2 Å². The smallest absolute Gasteiger partial charge is 0.255 e. The summed E-state index contributed by atoms with van der Waals surface area (Å²) in [5.41, 5.74) is 5.52. The normalized spacial score (nSPS) is 15.0. The molecule has 1 aliphatic rings. The summed E-state index contributed by atoms with van der Waals surface area (Å²) in [5, 5.41) is 2.86. The minimum Gasteiger partial charge on any atom is -0.484 e. The molecule has 1 aromatic carbocycles. The van der Waals surface area contributed by atoms with Gasteiger partial charge in [-0.15, -0.1) is 0 Å². The van der Waals surface area contributed by atoms with E-state index in [-0.39, 0.29) is 12.5 Å². The van der Waals surface area contributed by atoms with Gasteiger partial charge in [0.2, 0.25) is 0 Å². The van der Waals surface area contributed by atoms with Gasteiger partial charge in [0.05, 0.1) is 6.10 Å². The van der Waals surface area contributed by atoms with Crippen LogP contribution in [-0.2, 0) is 9.53 Å². The van der Waals surface area contributed by atoms with Crippen LogP contribution in [0.15, 0.2) is 24.3 Å². The zero-order valence-electron chi connectivity index (χ0n) is 14.0. The van der Waals surface area contributed by atoms with Crippen LogP contribution in [-0.4, -0.2) is 37.7 Å². The Hall–Kier alpha value is -2.08. The van der Waals surface area contributed by atoms with Crippen molar-refractivity contribution in [2.75, 3.05) is 19.8 Å². The van der Waals surface area contributed by atoms with E-state index in [1.165, 1.54) is 19.3 Å². The third-order valence-electron chi connectivity index (χ3n) is 3.99. The second-order valence-corrected chi connectivity index (χ2v) is 6.02. The number of carbonyl (C=O) groups excluding carboxylic acids is 2. The first-order chi connectivity index (χ1) is 11.6. The van der Waals surface area contributed by atoms with Crippen LogP contribution in [0.5, 0.6) is 5.75 Å². The molecule has 0 unspecified atom stereocenters. The van der Waals surface area contributed by atoms with E-state index in [2.05, 4.69) is 5.32 Å². The molecule has 1 saturated carbocycles. The van der Waals surface area contributed by atoms with Crippen LogP contribution >= 0.6 is 0 Å². The van der Waals surface area contributed by atoms with Crippen LogP contribution in [0.25, 0.3) is 0 Å². The van der Waals surface area contributed by atoms with Gasteiger partial charge in [-0.3, -0.25) is 9.59 Å². The summed E-state index contributed by atoms with van der Waals surface area (Å²) < 4.78 is 11.0. The van der Waals surface area contributed by atoms with Gasteiger partial charge in [-0.2, -0.15) is 0 Å². The highest BCUT2D eigenvalue weighted by molar-refractivity contribution is 5.94. The molecular formula is C18H26N2O4. The molecule has 0 saturated heterocycles. The molecule has 1 fully saturated rings. The predicted molar refractivity (Wildman–Crippen MR) is 90.9 cm³/mol. The summed E-state index contributed by atoms with van der Waals surface area (Å²) in [6, 6.07) is 6.68. The first-order valence-electron chi connectivity index (χ1n) is 8.56. The van der Waals surface area contributed by atoms with Gasteiger partial charge in [-0.05, 0) is 37.5 Å². The number of hydrogen-bond donors (Lipinski definition) is 2. The van der Waals surface area contributed by atoms with E-state index < -0.39 is 5.91 Å². The van der Waals surface area contributed by atoms with Gasteiger partial charge in [-0.1, -0.05) is 25.3 Å². The Morgan fingerprint density at radius 2 is 2.00 bits per heavy atom. The highest BCUT2D eigenvalue weighted by atomic mass is 16.5. The number of primary amides is 1. The maximum Gasteiger partial charge on any atom is 0.255 e. The van der Waals surface area contributed by atoms with Crippen molar-refractivity contribution in [3.05, 3.63) is 29.8 Å². The van der Waals surface area contributed by atoms with Gasteiger partial charge < -0.3 is 20.5 Å². The summed E-state index contributed by atoms with van der Waals surface area (Å²) in [6.07, 6.45) is 7.34. The Kier molecular flexibility index (Phi) is 7.55. The fourth-order valence-electron chi connectivity index (χ4n) is 2.74. The molecule has 1 aliphatic carbocycles. The lowest BCUT2D eigenvalue weighted by molar-refractivity contribution is -0.119. The SMILES string of the molecule is NC(=O)COc1cccc(C(=O)NCCCOC2CCCCC2)c1. The van der Waals surface area contributed by atoms with Crippen molar-refractivity contribution >= 4 is 11.8 Å². The number of carbonyl (C=O) groups is 2. The number of benzene rings is 1. The Bertz CT molecular complexity index is 542. The molecule has 6 heteroatoms.